The van der Waals surface area contributed by atoms with Crippen LogP contribution in [0.4, 0.5) is 4.79 Å². The fourth-order valence-electron chi connectivity index (χ4n) is 4.20. The predicted octanol–water partition coefficient (Wildman–Crippen LogP) is 2.99. The lowest BCUT2D eigenvalue weighted by atomic mass is 10.1. The Morgan fingerprint density at radius 3 is 2.65 bits per heavy atom. The lowest BCUT2D eigenvalue weighted by molar-refractivity contribution is 0.0701. The van der Waals surface area contributed by atoms with Crippen LogP contribution in [0, 0.1) is 0 Å². The van der Waals surface area contributed by atoms with Gasteiger partial charge in [-0.1, -0.05) is 43.2 Å². The van der Waals surface area contributed by atoms with E-state index in [9.17, 15) is 9.90 Å². The highest BCUT2D eigenvalue weighted by molar-refractivity contribution is 5.74. The average molecular weight is 360 g/mol. The normalized spacial score (nSPS) is 21.7. The number of rotatable bonds is 7. The van der Waals surface area contributed by atoms with Gasteiger partial charge in [0.05, 0.1) is 6.10 Å². The van der Waals surface area contributed by atoms with E-state index in [-0.39, 0.29) is 12.1 Å². The van der Waals surface area contributed by atoms with Gasteiger partial charge in [0.1, 0.15) is 0 Å². The maximum absolute atomic E-state index is 12.8. The molecule has 3 rings (SSSR count). The van der Waals surface area contributed by atoms with E-state index >= 15 is 0 Å². The quantitative estimate of drug-likeness (QED) is 0.736. The standard InChI is InChI=1S/C21H33N3O2/c25-20-12-6-14-23(17-20)15-7-13-22-21(26)24(19-10-4-5-11-19)16-18-8-2-1-3-9-18/h1-3,8-9,19-20,25H,4-7,10-17H2,(H,22,26)/t20-/m0/s1. The molecule has 0 bridgehead atoms. The molecule has 0 aromatic heterocycles. The summed E-state index contributed by atoms with van der Waals surface area (Å²) in [5, 5.41) is 12.9. The zero-order valence-electron chi connectivity index (χ0n) is 15.8. The highest BCUT2D eigenvalue weighted by atomic mass is 16.3. The number of hydrogen-bond donors (Lipinski definition) is 2. The van der Waals surface area contributed by atoms with Crippen molar-refractivity contribution in [2.24, 2.45) is 0 Å². The first-order chi connectivity index (χ1) is 12.7. The summed E-state index contributed by atoms with van der Waals surface area (Å²) in [4.78, 5) is 17.1. The Morgan fingerprint density at radius 2 is 1.92 bits per heavy atom. The second kappa shape index (κ2) is 9.93. The summed E-state index contributed by atoms with van der Waals surface area (Å²) in [7, 11) is 0. The molecule has 2 fully saturated rings. The SMILES string of the molecule is O=C(NCCCN1CCC[C@H](O)C1)N(Cc1ccccc1)C1CCCC1. The van der Waals surface area contributed by atoms with Crippen molar-refractivity contribution < 1.29 is 9.90 Å². The summed E-state index contributed by atoms with van der Waals surface area (Å²) in [6.45, 7) is 4.17. The second-order valence-electron chi connectivity index (χ2n) is 7.73. The summed E-state index contributed by atoms with van der Waals surface area (Å²) < 4.78 is 0. The van der Waals surface area contributed by atoms with Crippen molar-refractivity contribution in [2.75, 3.05) is 26.2 Å². The topological polar surface area (TPSA) is 55.8 Å². The maximum Gasteiger partial charge on any atom is 0.317 e. The molecule has 1 atom stereocenters. The fourth-order valence-corrected chi connectivity index (χ4v) is 4.20. The highest BCUT2D eigenvalue weighted by Gasteiger charge is 2.26. The number of likely N-dealkylation sites (tertiary alicyclic amines) is 1. The van der Waals surface area contributed by atoms with Gasteiger partial charge in [-0.15, -0.1) is 0 Å². The largest absolute Gasteiger partial charge is 0.392 e. The van der Waals surface area contributed by atoms with Crippen LogP contribution in [-0.4, -0.2) is 59.3 Å². The Kier molecular flexibility index (Phi) is 7.32. The van der Waals surface area contributed by atoms with Crippen LogP contribution in [0.15, 0.2) is 30.3 Å². The van der Waals surface area contributed by atoms with Gasteiger partial charge in [0.2, 0.25) is 0 Å². The molecule has 5 heteroatoms. The molecule has 1 saturated heterocycles. The smallest absolute Gasteiger partial charge is 0.317 e. The molecule has 26 heavy (non-hydrogen) atoms. The Bertz CT molecular complexity index is 545. The number of carbonyl (C=O) groups is 1. The molecule has 1 aromatic carbocycles. The van der Waals surface area contributed by atoms with Gasteiger partial charge in [0, 0.05) is 25.7 Å². The van der Waals surface area contributed by atoms with Crippen molar-refractivity contribution in [3.8, 4) is 0 Å². The number of β-amino-alcohol motifs (C(OH)–C–C–N with tert-alkyl or cyclic N) is 1. The lowest BCUT2D eigenvalue weighted by Gasteiger charge is -2.31. The average Bonchev–Trinajstić information content (AvgIpc) is 3.18. The van der Waals surface area contributed by atoms with Crippen LogP contribution < -0.4 is 5.32 Å². The number of amides is 2. The molecule has 0 radical (unpaired) electrons. The first-order valence-electron chi connectivity index (χ1n) is 10.2. The Labute approximate surface area is 157 Å². The number of carbonyl (C=O) groups excluding carboxylic acids is 1. The highest BCUT2D eigenvalue weighted by Crippen LogP contribution is 2.25. The molecule has 1 aliphatic heterocycles. The molecule has 1 heterocycles. The number of urea groups is 1. The minimum Gasteiger partial charge on any atom is -0.392 e. The van der Waals surface area contributed by atoms with Gasteiger partial charge in [0.25, 0.3) is 0 Å². The van der Waals surface area contributed by atoms with Crippen molar-refractivity contribution >= 4 is 6.03 Å². The molecule has 1 aliphatic carbocycles. The van der Waals surface area contributed by atoms with E-state index in [1.54, 1.807) is 0 Å². The van der Waals surface area contributed by atoms with Crippen molar-refractivity contribution in [3.63, 3.8) is 0 Å². The molecule has 1 saturated carbocycles. The summed E-state index contributed by atoms with van der Waals surface area (Å²) in [5.74, 6) is 0. The van der Waals surface area contributed by atoms with Gasteiger partial charge in [-0.3, -0.25) is 0 Å². The number of aliphatic hydroxyl groups is 1. The molecule has 2 N–H and O–H groups in total. The van der Waals surface area contributed by atoms with Crippen molar-refractivity contribution in [3.05, 3.63) is 35.9 Å². The van der Waals surface area contributed by atoms with Gasteiger partial charge in [-0.2, -0.15) is 0 Å². The van der Waals surface area contributed by atoms with Gasteiger partial charge >= 0.3 is 6.03 Å². The minimum atomic E-state index is -0.179. The summed E-state index contributed by atoms with van der Waals surface area (Å²) in [6.07, 6.45) is 7.42. The third-order valence-corrected chi connectivity index (χ3v) is 5.63. The molecule has 144 valence electrons. The van der Waals surface area contributed by atoms with Gasteiger partial charge in [-0.05, 0) is 50.8 Å². The van der Waals surface area contributed by atoms with E-state index in [2.05, 4.69) is 22.3 Å². The Morgan fingerprint density at radius 1 is 1.15 bits per heavy atom. The van der Waals surface area contributed by atoms with Crippen molar-refractivity contribution in [1.29, 1.82) is 0 Å². The van der Waals surface area contributed by atoms with Gasteiger partial charge in [0.15, 0.2) is 0 Å². The minimum absolute atomic E-state index is 0.0689. The van der Waals surface area contributed by atoms with Crippen LogP contribution in [0.3, 0.4) is 0 Å². The monoisotopic (exact) mass is 359 g/mol. The molecule has 0 spiro atoms. The third-order valence-electron chi connectivity index (χ3n) is 5.63. The Hall–Kier alpha value is -1.59. The van der Waals surface area contributed by atoms with E-state index in [4.69, 9.17) is 0 Å². The molecular formula is C21H33N3O2. The van der Waals surface area contributed by atoms with E-state index < -0.39 is 0 Å². The zero-order valence-corrected chi connectivity index (χ0v) is 15.8. The van der Waals surface area contributed by atoms with E-state index in [0.29, 0.717) is 19.1 Å². The molecule has 5 nitrogen and oxygen atoms in total. The molecule has 2 aliphatic rings. The van der Waals surface area contributed by atoms with E-state index in [0.717, 1.165) is 51.7 Å². The molecular weight excluding hydrogens is 326 g/mol. The number of nitrogens with one attached hydrogen (secondary N) is 1. The predicted molar refractivity (Wildman–Crippen MR) is 104 cm³/mol. The van der Waals surface area contributed by atoms with Crippen LogP contribution in [0.1, 0.15) is 50.5 Å². The van der Waals surface area contributed by atoms with Crippen LogP contribution in [0.2, 0.25) is 0 Å². The van der Waals surface area contributed by atoms with Crippen LogP contribution in [0.25, 0.3) is 0 Å². The van der Waals surface area contributed by atoms with Crippen molar-refractivity contribution in [2.45, 2.75) is 63.6 Å². The second-order valence-corrected chi connectivity index (χ2v) is 7.73. The van der Waals surface area contributed by atoms with Gasteiger partial charge in [-0.25, -0.2) is 4.79 Å². The lowest BCUT2D eigenvalue weighted by Crippen LogP contribution is -2.45. The number of hydrogen-bond acceptors (Lipinski definition) is 3. The molecule has 0 unspecified atom stereocenters. The van der Waals surface area contributed by atoms with Gasteiger partial charge < -0.3 is 20.2 Å². The summed E-state index contributed by atoms with van der Waals surface area (Å²) >= 11 is 0. The summed E-state index contributed by atoms with van der Waals surface area (Å²) in [5.41, 5.74) is 1.19. The number of aliphatic hydroxyl groups excluding tert-OH is 1. The number of piperidine rings is 1. The zero-order chi connectivity index (χ0) is 18.2. The maximum atomic E-state index is 12.8. The van der Waals surface area contributed by atoms with Crippen LogP contribution in [0.5, 0.6) is 0 Å². The van der Waals surface area contributed by atoms with Crippen LogP contribution >= 0.6 is 0 Å². The molecule has 1 aromatic rings. The third kappa shape index (κ3) is 5.71. The molecule has 2 amide bonds. The Balaban J connectivity index is 1.46. The van der Waals surface area contributed by atoms with Crippen LogP contribution in [-0.2, 0) is 6.54 Å². The summed E-state index contributed by atoms with van der Waals surface area (Å²) in [6, 6.07) is 10.7. The number of benzene rings is 1. The first-order valence-corrected chi connectivity index (χ1v) is 10.2. The van der Waals surface area contributed by atoms with E-state index in [1.165, 1.54) is 18.4 Å². The van der Waals surface area contributed by atoms with E-state index in [1.807, 2.05) is 23.1 Å². The van der Waals surface area contributed by atoms with Crippen molar-refractivity contribution in [1.82, 2.24) is 15.1 Å². The number of nitrogens with zero attached hydrogens (tertiary/aromatic N) is 2. The first kappa shape index (κ1) is 19.2. The fraction of sp³-hybridized carbons (Fsp3) is 0.667.